The fraction of sp³-hybridized carbons (Fsp3) is 1.00. The van der Waals surface area contributed by atoms with Crippen molar-refractivity contribution in [1.29, 1.82) is 0 Å². The fourth-order valence-electron chi connectivity index (χ4n) is 1.61. The Labute approximate surface area is 162 Å². The fourth-order valence-corrected chi connectivity index (χ4v) is 2.33. The molecule has 0 unspecified atom stereocenters. The minimum absolute atomic E-state index is 1.08. The van der Waals surface area contributed by atoms with Crippen LogP contribution in [0.3, 0.4) is 0 Å². The molecule has 0 amide bonds. The zero-order chi connectivity index (χ0) is 22.3. The molecule has 0 spiro atoms. The molecule has 0 aliphatic heterocycles. The molecule has 0 fully saturated rings. The Bertz CT molecular complexity index is 456. The SMILES string of the molecule is O=P(Cl)(Cl)OCC(COCC(F)(F)F)(COCC(F)(F)F)COCC(F)(F)F. The second-order valence-electron chi connectivity index (χ2n) is 5.51. The van der Waals surface area contributed by atoms with Crippen LogP contribution < -0.4 is 0 Å². The maximum Gasteiger partial charge on any atom is 0.411 e. The van der Waals surface area contributed by atoms with Gasteiger partial charge >= 0.3 is 24.6 Å². The Balaban J connectivity index is 5.30. The molecule has 0 aromatic heterocycles. The predicted octanol–water partition coefficient (Wildman–Crippen LogP) is 5.31. The van der Waals surface area contributed by atoms with E-state index in [2.05, 4.69) is 18.7 Å². The zero-order valence-electron chi connectivity index (χ0n) is 13.6. The first-order valence-electron chi connectivity index (χ1n) is 6.90. The summed E-state index contributed by atoms with van der Waals surface area (Å²) in [5, 5.41) is 0. The van der Waals surface area contributed by atoms with Crippen molar-refractivity contribution < 1.29 is 62.8 Å². The van der Waals surface area contributed by atoms with Gasteiger partial charge in [0.25, 0.3) is 0 Å². The van der Waals surface area contributed by atoms with Gasteiger partial charge in [-0.05, 0) is 22.5 Å². The van der Waals surface area contributed by atoms with Gasteiger partial charge in [0.05, 0.1) is 31.8 Å². The summed E-state index contributed by atoms with van der Waals surface area (Å²) in [5.74, 6) is 0. The molecular weight excluding hydrogens is 485 g/mol. The largest absolute Gasteiger partial charge is 0.411 e. The molecule has 0 aliphatic carbocycles. The second kappa shape index (κ2) is 10.9. The first kappa shape index (κ1) is 28.0. The number of halogens is 11. The van der Waals surface area contributed by atoms with Gasteiger partial charge in [-0.15, -0.1) is 0 Å². The number of hydrogen-bond acceptors (Lipinski definition) is 5. The molecular formula is C11H14Cl2F9O5P. The van der Waals surface area contributed by atoms with Gasteiger partial charge in [0.1, 0.15) is 19.8 Å². The van der Waals surface area contributed by atoms with Crippen LogP contribution >= 0.6 is 28.6 Å². The highest BCUT2D eigenvalue weighted by Crippen LogP contribution is 2.58. The van der Waals surface area contributed by atoms with Gasteiger partial charge in [-0.25, -0.2) is 0 Å². The Morgan fingerprint density at radius 1 is 0.571 bits per heavy atom. The highest BCUT2D eigenvalue weighted by Gasteiger charge is 2.40. The number of rotatable bonds is 12. The van der Waals surface area contributed by atoms with E-state index in [4.69, 9.17) is 22.5 Å². The van der Waals surface area contributed by atoms with Gasteiger partial charge in [0, 0.05) is 0 Å². The Morgan fingerprint density at radius 3 is 1.07 bits per heavy atom. The summed E-state index contributed by atoms with van der Waals surface area (Å²) in [6.45, 7) is -10.1. The van der Waals surface area contributed by atoms with Crippen molar-refractivity contribution in [3.63, 3.8) is 0 Å². The average Bonchev–Trinajstić information content (AvgIpc) is 2.40. The van der Waals surface area contributed by atoms with Crippen LogP contribution in [0.5, 0.6) is 0 Å². The smallest absolute Gasteiger partial charge is 0.371 e. The molecule has 0 aromatic carbocycles. The van der Waals surface area contributed by atoms with Crippen molar-refractivity contribution in [2.75, 3.05) is 46.2 Å². The third-order valence-corrected chi connectivity index (χ3v) is 3.56. The van der Waals surface area contributed by atoms with Crippen molar-refractivity contribution in [3.8, 4) is 0 Å². The molecule has 0 saturated heterocycles. The third kappa shape index (κ3) is 16.9. The minimum atomic E-state index is -4.85. The van der Waals surface area contributed by atoms with Crippen LogP contribution in [0.1, 0.15) is 0 Å². The Hall–Kier alpha value is 0.0200. The highest BCUT2D eigenvalue weighted by molar-refractivity contribution is 8.05. The summed E-state index contributed by atoms with van der Waals surface area (Å²) >= 11 is 10.2. The van der Waals surface area contributed by atoms with E-state index in [0.29, 0.717) is 0 Å². The molecule has 170 valence electrons. The van der Waals surface area contributed by atoms with Gasteiger partial charge in [-0.1, -0.05) is 0 Å². The van der Waals surface area contributed by atoms with E-state index in [-0.39, 0.29) is 0 Å². The maximum absolute atomic E-state index is 12.2. The van der Waals surface area contributed by atoms with Gasteiger partial charge < -0.3 is 18.7 Å². The van der Waals surface area contributed by atoms with Crippen molar-refractivity contribution in [1.82, 2.24) is 0 Å². The first-order valence-corrected chi connectivity index (χ1v) is 10.3. The lowest BCUT2D eigenvalue weighted by Gasteiger charge is -2.33. The van der Waals surface area contributed by atoms with Gasteiger partial charge in [0.2, 0.25) is 0 Å². The molecule has 0 atom stereocenters. The van der Waals surface area contributed by atoms with Crippen LogP contribution in [-0.2, 0) is 23.3 Å². The van der Waals surface area contributed by atoms with Crippen LogP contribution in [0, 0.1) is 5.41 Å². The van der Waals surface area contributed by atoms with Gasteiger partial charge in [0.15, 0.2) is 0 Å². The summed E-state index contributed by atoms with van der Waals surface area (Å²) in [4.78, 5) is 0. The molecule has 0 radical (unpaired) electrons. The molecule has 0 aliphatic rings. The Kier molecular flexibility index (Phi) is 10.9. The van der Waals surface area contributed by atoms with E-state index in [9.17, 15) is 44.1 Å². The standard InChI is InChI=1S/C11H14Cl2F9O5P/c12-28(13,23)27-4-8(1-24-5-9(14,15)16,2-25-6-10(17,18)19)3-26-7-11(20,21)22/h1-7H2. The molecule has 28 heavy (non-hydrogen) atoms. The van der Waals surface area contributed by atoms with Crippen LogP contribution in [0.4, 0.5) is 39.5 Å². The summed E-state index contributed by atoms with van der Waals surface area (Å²) in [6.07, 6.45) is -18.9. The normalized spacial score (nSPS) is 14.5. The monoisotopic (exact) mass is 498 g/mol. The quantitative estimate of drug-likeness (QED) is 0.269. The molecule has 5 nitrogen and oxygen atoms in total. The Morgan fingerprint density at radius 2 is 0.857 bits per heavy atom. The maximum atomic E-state index is 12.2. The van der Waals surface area contributed by atoms with Gasteiger partial charge in [-0.2, -0.15) is 39.5 Å². The average molecular weight is 499 g/mol. The number of ether oxygens (including phenoxy) is 3. The third-order valence-electron chi connectivity index (χ3n) is 2.54. The second-order valence-corrected chi connectivity index (χ2v) is 9.79. The summed E-state index contributed by atoms with van der Waals surface area (Å²) in [6, 6.07) is 0. The lowest BCUT2D eigenvalue weighted by Crippen LogP contribution is -2.43. The van der Waals surface area contributed by atoms with Crippen molar-refractivity contribution >= 4 is 28.6 Å². The summed E-state index contributed by atoms with van der Waals surface area (Å²) in [7, 11) is 0. The van der Waals surface area contributed by atoms with Crippen molar-refractivity contribution in [2.45, 2.75) is 18.5 Å². The minimum Gasteiger partial charge on any atom is -0.371 e. The lowest BCUT2D eigenvalue weighted by atomic mass is 9.92. The van der Waals surface area contributed by atoms with Crippen LogP contribution in [0.15, 0.2) is 0 Å². The van der Waals surface area contributed by atoms with E-state index in [1.54, 1.807) is 0 Å². The van der Waals surface area contributed by atoms with Gasteiger partial charge in [-0.3, -0.25) is 4.57 Å². The summed E-state index contributed by atoms with van der Waals surface area (Å²) in [5.41, 5.74) is -2.17. The van der Waals surface area contributed by atoms with Crippen molar-refractivity contribution in [3.05, 3.63) is 0 Å². The van der Waals surface area contributed by atoms with Crippen LogP contribution in [0.25, 0.3) is 0 Å². The lowest BCUT2D eigenvalue weighted by molar-refractivity contribution is -0.213. The van der Waals surface area contributed by atoms with E-state index in [0.717, 1.165) is 0 Å². The molecule has 0 bridgehead atoms. The molecule has 17 heteroatoms. The van der Waals surface area contributed by atoms with E-state index in [1.807, 2.05) is 0 Å². The molecule has 0 N–H and O–H groups in total. The van der Waals surface area contributed by atoms with Crippen LogP contribution in [0.2, 0.25) is 0 Å². The predicted molar refractivity (Wildman–Crippen MR) is 78.3 cm³/mol. The van der Waals surface area contributed by atoms with Crippen LogP contribution in [-0.4, -0.2) is 64.8 Å². The zero-order valence-corrected chi connectivity index (χ0v) is 16.0. The van der Waals surface area contributed by atoms with Crippen molar-refractivity contribution in [2.24, 2.45) is 5.41 Å². The van der Waals surface area contributed by atoms with E-state index >= 15 is 0 Å². The number of hydrogen-bond donors (Lipinski definition) is 0. The molecule has 0 saturated carbocycles. The van der Waals surface area contributed by atoms with E-state index < -0.39 is 76.3 Å². The summed E-state index contributed by atoms with van der Waals surface area (Å²) < 4.78 is 138. The van der Waals surface area contributed by atoms with E-state index in [1.165, 1.54) is 0 Å². The number of alkyl halides is 9. The topological polar surface area (TPSA) is 54.0 Å². The highest BCUT2D eigenvalue weighted by atomic mass is 35.9. The first-order chi connectivity index (χ1) is 12.3. The molecule has 0 aromatic rings. The molecule has 0 heterocycles. The molecule has 0 rings (SSSR count).